The lowest BCUT2D eigenvalue weighted by Crippen LogP contribution is -2.60. The zero-order chi connectivity index (χ0) is 23.2. The number of fused-ring (bicyclic) bond motifs is 1. The van der Waals surface area contributed by atoms with Crippen LogP contribution in [0.15, 0.2) is 36.1 Å². The number of aliphatic hydroxyl groups excluding tert-OH is 4. The molecule has 0 aliphatic carbocycles. The number of phenols is 3. The number of carbonyl (C=O) groups excluding carboxylic acids is 1. The molecule has 5 atom stereocenters. The summed E-state index contributed by atoms with van der Waals surface area (Å²) in [6.45, 7) is -0.653. The Kier molecular flexibility index (Phi) is 5.67. The van der Waals surface area contributed by atoms with Gasteiger partial charge in [0.15, 0.2) is 28.8 Å². The van der Waals surface area contributed by atoms with Gasteiger partial charge in [-0.05, 0) is 35.9 Å². The molecule has 2 aliphatic rings. The lowest BCUT2D eigenvalue weighted by atomic mass is 9.99. The van der Waals surface area contributed by atoms with Gasteiger partial charge in [-0.25, -0.2) is 0 Å². The summed E-state index contributed by atoms with van der Waals surface area (Å²) in [5.74, 6) is -2.48. The van der Waals surface area contributed by atoms with Crippen molar-refractivity contribution in [2.75, 3.05) is 6.61 Å². The van der Waals surface area contributed by atoms with Crippen molar-refractivity contribution >= 4 is 11.9 Å². The van der Waals surface area contributed by atoms with Crippen molar-refractivity contribution in [3.63, 3.8) is 0 Å². The van der Waals surface area contributed by atoms with Crippen LogP contribution in [0.4, 0.5) is 0 Å². The minimum absolute atomic E-state index is 0.0258. The molecule has 0 spiro atoms. The molecule has 170 valence electrons. The molecule has 0 radical (unpaired) electrons. The summed E-state index contributed by atoms with van der Waals surface area (Å²) in [4.78, 5) is 12.6. The van der Waals surface area contributed by atoms with Gasteiger partial charge in [-0.15, -0.1) is 0 Å². The van der Waals surface area contributed by atoms with Gasteiger partial charge in [0.25, 0.3) is 0 Å². The van der Waals surface area contributed by atoms with Crippen LogP contribution in [0.5, 0.6) is 28.7 Å². The van der Waals surface area contributed by atoms with Gasteiger partial charge in [0.1, 0.15) is 24.4 Å². The van der Waals surface area contributed by atoms with Crippen LogP contribution in [0.2, 0.25) is 0 Å². The normalized spacial score (nSPS) is 28.4. The van der Waals surface area contributed by atoms with E-state index in [0.29, 0.717) is 5.56 Å². The van der Waals surface area contributed by atoms with Crippen molar-refractivity contribution < 1.29 is 54.8 Å². The number of Topliss-reactive ketones (excluding diaryl/α,β-unsaturated/α-hetero) is 1. The van der Waals surface area contributed by atoms with E-state index in [1.807, 2.05) is 0 Å². The lowest BCUT2D eigenvalue weighted by Gasteiger charge is -2.39. The number of carbonyl (C=O) groups is 1. The van der Waals surface area contributed by atoms with Crippen molar-refractivity contribution in [1.82, 2.24) is 0 Å². The highest BCUT2D eigenvalue weighted by atomic mass is 16.7. The quantitative estimate of drug-likeness (QED) is 0.238. The SMILES string of the molecule is O=C1C(=Cc2ccc(O)c(O)c2)Oc2c1ccc(O[C@@H]1O[C@@H](CO)[C@@H](O)[C@@H](O)[C@H]1O)c2O. The highest BCUT2D eigenvalue weighted by molar-refractivity contribution is 6.15. The van der Waals surface area contributed by atoms with E-state index in [9.17, 15) is 40.5 Å². The van der Waals surface area contributed by atoms with Crippen molar-refractivity contribution in [3.8, 4) is 28.7 Å². The fraction of sp³-hybridized carbons (Fsp3) is 0.286. The molecule has 11 nitrogen and oxygen atoms in total. The first-order chi connectivity index (χ1) is 15.2. The first kappa shape index (κ1) is 21.9. The van der Waals surface area contributed by atoms with Crippen LogP contribution in [-0.2, 0) is 4.74 Å². The standard InChI is InChI=1S/C21H20O11/c22-7-14-16(26)18(28)19(29)21(32-14)31-12-4-2-9-15(25)13(30-20(9)17(12)27)6-8-1-3-10(23)11(24)5-8/h1-6,14,16,18-19,21-24,26-29H,7H2/t14-,16+,18+,19+,21+/m0/s1. The summed E-state index contributed by atoms with van der Waals surface area (Å²) < 4.78 is 16.1. The lowest BCUT2D eigenvalue weighted by molar-refractivity contribution is -0.277. The van der Waals surface area contributed by atoms with E-state index in [-0.39, 0.29) is 34.3 Å². The Morgan fingerprint density at radius 3 is 2.41 bits per heavy atom. The second kappa shape index (κ2) is 8.30. The molecular formula is C21H20O11. The van der Waals surface area contributed by atoms with Gasteiger partial charge in [0, 0.05) is 0 Å². The molecule has 2 aromatic carbocycles. The zero-order valence-electron chi connectivity index (χ0n) is 16.3. The van der Waals surface area contributed by atoms with E-state index >= 15 is 0 Å². The van der Waals surface area contributed by atoms with Crippen LogP contribution < -0.4 is 9.47 Å². The molecule has 0 amide bonds. The second-order valence-corrected chi connectivity index (χ2v) is 7.29. The third kappa shape index (κ3) is 3.72. The van der Waals surface area contributed by atoms with Gasteiger partial charge < -0.3 is 50.0 Å². The Balaban J connectivity index is 1.59. The molecular weight excluding hydrogens is 428 g/mol. The summed E-state index contributed by atoms with van der Waals surface area (Å²) >= 11 is 0. The van der Waals surface area contributed by atoms with Crippen molar-refractivity contribution in [3.05, 3.63) is 47.2 Å². The number of benzene rings is 2. The molecule has 0 bridgehead atoms. The predicted molar refractivity (Wildman–Crippen MR) is 105 cm³/mol. The van der Waals surface area contributed by atoms with Crippen LogP contribution in [0.25, 0.3) is 6.08 Å². The maximum absolute atomic E-state index is 12.6. The summed E-state index contributed by atoms with van der Waals surface area (Å²) in [6, 6.07) is 6.43. The third-order valence-electron chi connectivity index (χ3n) is 5.16. The van der Waals surface area contributed by atoms with Gasteiger partial charge in [-0.2, -0.15) is 0 Å². The fourth-order valence-electron chi connectivity index (χ4n) is 3.39. The summed E-state index contributed by atoms with van der Waals surface area (Å²) in [5.41, 5.74) is 0.381. The van der Waals surface area contributed by atoms with Crippen molar-refractivity contribution in [1.29, 1.82) is 0 Å². The second-order valence-electron chi connectivity index (χ2n) is 7.29. The van der Waals surface area contributed by atoms with E-state index in [1.54, 1.807) is 0 Å². The van der Waals surface area contributed by atoms with E-state index < -0.39 is 48.8 Å². The van der Waals surface area contributed by atoms with Crippen molar-refractivity contribution in [2.24, 2.45) is 0 Å². The predicted octanol–water partition coefficient (Wildman–Crippen LogP) is -0.402. The number of allylic oxidation sites excluding steroid dienone is 1. The number of hydrogen-bond acceptors (Lipinski definition) is 11. The van der Waals surface area contributed by atoms with Crippen molar-refractivity contribution in [2.45, 2.75) is 30.7 Å². The number of ketones is 1. The Morgan fingerprint density at radius 1 is 0.969 bits per heavy atom. The number of hydrogen-bond donors (Lipinski definition) is 7. The van der Waals surface area contributed by atoms with E-state index in [4.69, 9.17) is 14.2 Å². The van der Waals surface area contributed by atoms with Crippen LogP contribution in [-0.4, -0.2) is 78.8 Å². The fourth-order valence-corrected chi connectivity index (χ4v) is 3.39. The smallest absolute Gasteiger partial charge is 0.232 e. The Hall–Kier alpha value is -3.35. The highest BCUT2D eigenvalue weighted by Crippen LogP contribution is 2.45. The molecule has 4 rings (SSSR count). The molecule has 2 heterocycles. The summed E-state index contributed by atoms with van der Waals surface area (Å²) in [7, 11) is 0. The number of rotatable bonds is 4. The topological polar surface area (TPSA) is 186 Å². The molecule has 32 heavy (non-hydrogen) atoms. The molecule has 0 unspecified atom stereocenters. The third-order valence-corrected chi connectivity index (χ3v) is 5.16. The molecule has 2 aliphatic heterocycles. The maximum Gasteiger partial charge on any atom is 0.232 e. The molecule has 11 heteroatoms. The average Bonchev–Trinajstić information content (AvgIpc) is 3.09. The minimum atomic E-state index is -1.69. The van der Waals surface area contributed by atoms with Gasteiger partial charge in [0.05, 0.1) is 12.2 Å². The Bertz CT molecular complexity index is 1080. The Morgan fingerprint density at radius 2 is 1.72 bits per heavy atom. The van der Waals surface area contributed by atoms with Gasteiger partial charge in [-0.1, -0.05) is 6.07 Å². The monoisotopic (exact) mass is 448 g/mol. The molecule has 1 fully saturated rings. The van der Waals surface area contributed by atoms with E-state index in [0.717, 1.165) is 0 Å². The molecule has 0 saturated carbocycles. The Labute approximate surface area is 180 Å². The molecule has 0 aromatic heterocycles. The minimum Gasteiger partial charge on any atom is -0.504 e. The van der Waals surface area contributed by atoms with Gasteiger partial charge >= 0.3 is 0 Å². The van der Waals surface area contributed by atoms with E-state index in [1.165, 1.54) is 36.4 Å². The van der Waals surface area contributed by atoms with Gasteiger partial charge in [0.2, 0.25) is 17.8 Å². The summed E-state index contributed by atoms with van der Waals surface area (Å²) in [6.07, 6.45) is -6.38. The first-order valence-corrected chi connectivity index (χ1v) is 9.50. The van der Waals surface area contributed by atoms with Crippen LogP contribution in [0, 0.1) is 0 Å². The number of aliphatic hydroxyl groups is 4. The average molecular weight is 448 g/mol. The number of aromatic hydroxyl groups is 3. The first-order valence-electron chi connectivity index (χ1n) is 9.50. The number of ether oxygens (including phenoxy) is 3. The molecule has 2 aromatic rings. The number of phenolic OH excluding ortho intramolecular Hbond substituents is 3. The molecule has 1 saturated heterocycles. The molecule has 7 N–H and O–H groups in total. The highest BCUT2D eigenvalue weighted by Gasteiger charge is 2.45. The zero-order valence-corrected chi connectivity index (χ0v) is 16.3. The van der Waals surface area contributed by atoms with E-state index in [2.05, 4.69) is 0 Å². The maximum atomic E-state index is 12.6. The largest absolute Gasteiger partial charge is 0.504 e. The van der Waals surface area contributed by atoms with Crippen LogP contribution in [0.1, 0.15) is 15.9 Å². The van der Waals surface area contributed by atoms with Gasteiger partial charge in [-0.3, -0.25) is 4.79 Å². The van der Waals surface area contributed by atoms with Crippen LogP contribution in [0.3, 0.4) is 0 Å². The summed E-state index contributed by atoms with van der Waals surface area (Å²) in [5, 5.41) is 68.6. The van der Waals surface area contributed by atoms with Crippen LogP contribution >= 0.6 is 0 Å².